The van der Waals surface area contributed by atoms with Crippen molar-refractivity contribution in [1.82, 2.24) is 24.8 Å². The van der Waals surface area contributed by atoms with Gasteiger partial charge >= 0.3 is 0 Å². The van der Waals surface area contributed by atoms with Gasteiger partial charge in [0.15, 0.2) is 5.82 Å². The van der Waals surface area contributed by atoms with Gasteiger partial charge in [0.25, 0.3) is 5.91 Å². The molecule has 0 bridgehead atoms. The zero-order valence-electron chi connectivity index (χ0n) is 15.6. The molecular formula is C17H25N5O3. The molecule has 0 aliphatic carbocycles. The van der Waals surface area contributed by atoms with Crippen LogP contribution in [0, 0.1) is 6.92 Å². The van der Waals surface area contributed by atoms with E-state index in [9.17, 15) is 4.79 Å². The van der Waals surface area contributed by atoms with E-state index >= 15 is 0 Å². The van der Waals surface area contributed by atoms with Crippen LogP contribution < -0.4 is 0 Å². The van der Waals surface area contributed by atoms with Crippen LogP contribution in [0.5, 0.6) is 0 Å². The molecule has 1 saturated heterocycles. The number of aromatic nitrogens is 4. The van der Waals surface area contributed by atoms with Crippen LogP contribution in [0.25, 0.3) is 0 Å². The van der Waals surface area contributed by atoms with E-state index in [0.717, 1.165) is 5.69 Å². The predicted octanol–water partition coefficient (Wildman–Crippen LogP) is 2.01. The zero-order valence-corrected chi connectivity index (χ0v) is 15.6. The number of methoxy groups -OCH3 is 1. The number of nitrogens with zero attached hydrogens (tertiary/aromatic N) is 5. The van der Waals surface area contributed by atoms with Gasteiger partial charge in [0.05, 0.1) is 11.8 Å². The van der Waals surface area contributed by atoms with Crippen molar-refractivity contribution in [3.8, 4) is 0 Å². The summed E-state index contributed by atoms with van der Waals surface area (Å²) < 4.78 is 12.4. The second kappa shape index (κ2) is 6.25. The van der Waals surface area contributed by atoms with Crippen LogP contribution >= 0.6 is 0 Å². The molecule has 2 atom stereocenters. The lowest BCUT2D eigenvalue weighted by molar-refractivity contribution is 0.0660. The number of rotatable bonds is 3. The van der Waals surface area contributed by atoms with Gasteiger partial charge in [-0.05, 0) is 13.0 Å². The van der Waals surface area contributed by atoms with Crippen LogP contribution in [0.4, 0.5) is 0 Å². The molecule has 1 aliphatic rings. The van der Waals surface area contributed by atoms with Gasteiger partial charge in [-0.3, -0.25) is 9.48 Å². The number of carbonyl (C=O) groups excluding carboxylic acids is 1. The fourth-order valence-corrected chi connectivity index (χ4v) is 3.06. The van der Waals surface area contributed by atoms with Crippen molar-refractivity contribution in [3.05, 3.63) is 29.2 Å². The van der Waals surface area contributed by atoms with Crippen molar-refractivity contribution in [2.24, 2.45) is 7.05 Å². The van der Waals surface area contributed by atoms with E-state index in [0.29, 0.717) is 30.4 Å². The summed E-state index contributed by atoms with van der Waals surface area (Å²) in [5, 5.41) is 8.35. The second-order valence-corrected chi connectivity index (χ2v) is 7.53. The van der Waals surface area contributed by atoms with E-state index in [2.05, 4.69) is 36.0 Å². The van der Waals surface area contributed by atoms with Gasteiger partial charge in [-0.15, -0.1) is 0 Å². The van der Waals surface area contributed by atoms with E-state index in [1.165, 1.54) is 0 Å². The van der Waals surface area contributed by atoms with Crippen molar-refractivity contribution in [3.63, 3.8) is 0 Å². The van der Waals surface area contributed by atoms with Crippen molar-refractivity contribution in [2.45, 2.75) is 51.7 Å². The first-order valence-electron chi connectivity index (χ1n) is 8.39. The Bertz CT molecular complexity index is 774. The number of aryl methyl sites for hydroxylation is 2. The third-order valence-corrected chi connectivity index (χ3v) is 4.55. The number of hydrogen-bond acceptors (Lipinski definition) is 6. The zero-order chi connectivity index (χ0) is 18.4. The van der Waals surface area contributed by atoms with E-state index in [1.807, 2.05) is 6.07 Å². The molecule has 8 heteroatoms. The van der Waals surface area contributed by atoms with Crippen LogP contribution in [0.3, 0.4) is 0 Å². The summed E-state index contributed by atoms with van der Waals surface area (Å²) in [7, 11) is 3.44. The minimum atomic E-state index is -0.286. The normalized spacial score (nSPS) is 21.1. The standard InChI is InChI=1S/C17H25N5O3/c1-10-18-15(25-20-10)12-7-11(24-6)9-22(12)16(23)13-8-14(17(2,3)4)19-21(13)5/h8,11-12H,7,9H2,1-6H3/t11-,12+/m0/s1. The summed E-state index contributed by atoms with van der Waals surface area (Å²) in [6.07, 6.45) is 0.574. The highest BCUT2D eigenvalue weighted by Crippen LogP contribution is 2.34. The number of amides is 1. The quantitative estimate of drug-likeness (QED) is 0.844. The molecule has 136 valence electrons. The van der Waals surface area contributed by atoms with E-state index in [4.69, 9.17) is 9.26 Å². The predicted molar refractivity (Wildman–Crippen MR) is 90.1 cm³/mol. The maximum atomic E-state index is 13.2. The average molecular weight is 347 g/mol. The summed E-state index contributed by atoms with van der Waals surface area (Å²) in [6.45, 7) is 8.47. The lowest BCUT2D eigenvalue weighted by Crippen LogP contribution is -2.33. The van der Waals surface area contributed by atoms with Gasteiger partial charge < -0.3 is 14.2 Å². The summed E-state index contributed by atoms with van der Waals surface area (Å²) >= 11 is 0. The van der Waals surface area contributed by atoms with E-state index < -0.39 is 0 Å². The minimum absolute atomic E-state index is 0.0588. The van der Waals surface area contributed by atoms with Gasteiger partial charge in [-0.1, -0.05) is 25.9 Å². The third-order valence-electron chi connectivity index (χ3n) is 4.55. The van der Waals surface area contributed by atoms with Gasteiger partial charge in [0.1, 0.15) is 11.7 Å². The fraction of sp³-hybridized carbons (Fsp3) is 0.647. The fourth-order valence-electron chi connectivity index (χ4n) is 3.06. The van der Waals surface area contributed by atoms with Crippen molar-refractivity contribution >= 4 is 5.91 Å². The Balaban J connectivity index is 1.93. The molecule has 0 radical (unpaired) electrons. The smallest absolute Gasteiger partial charge is 0.272 e. The molecule has 0 unspecified atom stereocenters. The van der Waals surface area contributed by atoms with Gasteiger partial charge in [-0.25, -0.2) is 0 Å². The Labute approximate surface area is 147 Å². The summed E-state index contributed by atoms with van der Waals surface area (Å²) in [4.78, 5) is 19.2. The van der Waals surface area contributed by atoms with Crippen LogP contribution in [0.15, 0.2) is 10.6 Å². The Morgan fingerprint density at radius 1 is 1.40 bits per heavy atom. The van der Waals surface area contributed by atoms with E-state index in [-0.39, 0.29) is 23.5 Å². The van der Waals surface area contributed by atoms with Crippen LogP contribution in [-0.2, 0) is 17.2 Å². The summed E-state index contributed by atoms with van der Waals surface area (Å²) in [5.74, 6) is 0.897. The highest BCUT2D eigenvalue weighted by Gasteiger charge is 2.41. The molecular weight excluding hydrogens is 322 g/mol. The maximum Gasteiger partial charge on any atom is 0.272 e. The van der Waals surface area contributed by atoms with Crippen molar-refractivity contribution in [1.29, 1.82) is 0 Å². The molecule has 3 rings (SSSR count). The Morgan fingerprint density at radius 3 is 2.64 bits per heavy atom. The first-order chi connectivity index (χ1) is 11.7. The summed E-state index contributed by atoms with van der Waals surface area (Å²) in [6, 6.07) is 1.57. The molecule has 1 amide bonds. The van der Waals surface area contributed by atoms with Gasteiger partial charge in [-0.2, -0.15) is 10.1 Å². The minimum Gasteiger partial charge on any atom is -0.380 e. The van der Waals surface area contributed by atoms with Gasteiger partial charge in [0, 0.05) is 32.5 Å². The molecule has 0 aromatic carbocycles. The molecule has 25 heavy (non-hydrogen) atoms. The number of hydrogen-bond donors (Lipinski definition) is 0. The number of carbonyl (C=O) groups is 1. The second-order valence-electron chi connectivity index (χ2n) is 7.53. The van der Waals surface area contributed by atoms with Crippen LogP contribution in [0.2, 0.25) is 0 Å². The van der Waals surface area contributed by atoms with Gasteiger partial charge in [0.2, 0.25) is 5.89 Å². The molecule has 2 aromatic rings. The molecule has 8 nitrogen and oxygen atoms in total. The number of likely N-dealkylation sites (tertiary alicyclic amines) is 1. The first-order valence-corrected chi connectivity index (χ1v) is 8.39. The van der Waals surface area contributed by atoms with E-state index in [1.54, 1.807) is 30.7 Å². The molecule has 3 heterocycles. The van der Waals surface area contributed by atoms with Crippen molar-refractivity contribution in [2.75, 3.05) is 13.7 Å². The lowest BCUT2D eigenvalue weighted by atomic mass is 9.92. The molecule has 0 spiro atoms. The van der Waals surface area contributed by atoms with Crippen LogP contribution in [0.1, 0.15) is 61.1 Å². The highest BCUT2D eigenvalue weighted by atomic mass is 16.5. The molecule has 1 aliphatic heterocycles. The monoisotopic (exact) mass is 347 g/mol. The lowest BCUT2D eigenvalue weighted by Gasteiger charge is -2.21. The summed E-state index contributed by atoms with van der Waals surface area (Å²) in [5.41, 5.74) is 1.30. The first kappa shape index (κ1) is 17.6. The molecule has 0 saturated carbocycles. The Hall–Kier alpha value is -2.22. The molecule has 2 aromatic heterocycles. The Morgan fingerprint density at radius 2 is 2.12 bits per heavy atom. The topological polar surface area (TPSA) is 86.3 Å². The molecule has 1 fully saturated rings. The molecule has 0 N–H and O–H groups in total. The Kier molecular flexibility index (Phi) is 4.40. The van der Waals surface area contributed by atoms with Crippen LogP contribution in [-0.4, -0.2) is 50.5 Å². The van der Waals surface area contributed by atoms with Crippen molar-refractivity contribution < 1.29 is 14.1 Å². The maximum absolute atomic E-state index is 13.2. The third kappa shape index (κ3) is 3.30. The SMILES string of the molecule is CO[C@H]1C[C@H](c2nc(C)no2)N(C(=O)c2cc(C(C)(C)C)nn2C)C1. The highest BCUT2D eigenvalue weighted by molar-refractivity contribution is 5.93. The largest absolute Gasteiger partial charge is 0.380 e. The average Bonchev–Trinajstić information content (AvgIpc) is 3.23. The number of ether oxygens (including phenoxy) is 1.